The molecule has 1 saturated carbocycles. The van der Waals surface area contributed by atoms with Crippen LogP contribution in [0.1, 0.15) is 56.0 Å². The zero-order chi connectivity index (χ0) is 21.8. The minimum atomic E-state index is -0.331. The van der Waals surface area contributed by atoms with Crippen molar-refractivity contribution in [3.63, 3.8) is 0 Å². The number of hydrogen-bond acceptors (Lipinski definition) is 4. The summed E-state index contributed by atoms with van der Waals surface area (Å²) in [7, 11) is 0. The molecule has 0 saturated heterocycles. The first-order chi connectivity index (χ1) is 15.0. The van der Waals surface area contributed by atoms with Crippen LogP contribution < -0.4 is 5.56 Å². The number of aromatic nitrogens is 4. The summed E-state index contributed by atoms with van der Waals surface area (Å²) in [6.07, 6.45) is 7.82. The van der Waals surface area contributed by atoms with Gasteiger partial charge in [0.25, 0.3) is 5.56 Å². The summed E-state index contributed by atoms with van der Waals surface area (Å²) in [5.41, 5.74) is 3.52. The van der Waals surface area contributed by atoms with Crippen LogP contribution in [0, 0.1) is 11.7 Å². The minimum Gasteiger partial charge on any atom is -0.301 e. The zero-order valence-corrected chi connectivity index (χ0v) is 19.1. The van der Waals surface area contributed by atoms with Gasteiger partial charge in [0.1, 0.15) is 5.82 Å². The molecular formula is C23H26ClFN4OS. The normalized spacial score (nSPS) is 14.8. The van der Waals surface area contributed by atoms with Gasteiger partial charge in [-0.05, 0) is 30.9 Å². The fourth-order valence-corrected chi connectivity index (χ4v) is 5.38. The van der Waals surface area contributed by atoms with E-state index in [1.165, 1.54) is 56.0 Å². The minimum absolute atomic E-state index is 0.0561. The predicted octanol–water partition coefficient (Wildman–Crippen LogP) is 5.93. The summed E-state index contributed by atoms with van der Waals surface area (Å²) in [6, 6.07) is 6.21. The quantitative estimate of drug-likeness (QED) is 0.338. The molecule has 4 rings (SSSR count). The van der Waals surface area contributed by atoms with Crippen LogP contribution in [0.4, 0.5) is 4.39 Å². The lowest BCUT2D eigenvalue weighted by atomic mass is 9.85. The van der Waals surface area contributed by atoms with Crippen molar-refractivity contribution in [1.82, 2.24) is 20.2 Å². The second-order valence-electron chi connectivity index (χ2n) is 8.02. The molecule has 5 nitrogen and oxygen atoms in total. The van der Waals surface area contributed by atoms with Crippen LogP contribution in [-0.4, -0.2) is 20.2 Å². The number of thioether (sulfide) groups is 1. The lowest BCUT2D eigenvalue weighted by molar-refractivity contribution is 0.352. The van der Waals surface area contributed by atoms with E-state index in [4.69, 9.17) is 16.6 Å². The highest BCUT2D eigenvalue weighted by Crippen LogP contribution is 2.32. The first-order valence-corrected chi connectivity index (χ1v) is 12.1. The monoisotopic (exact) mass is 460 g/mol. The molecule has 0 aliphatic heterocycles. The number of H-pyrrole nitrogens is 2. The van der Waals surface area contributed by atoms with Crippen LogP contribution in [-0.2, 0) is 18.6 Å². The molecule has 0 atom stereocenters. The number of rotatable bonds is 7. The fourth-order valence-electron chi connectivity index (χ4n) is 4.22. The van der Waals surface area contributed by atoms with E-state index < -0.39 is 0 Å². The molecular weight excluding hydrogens is 435 g/mol. The van der Waals surface area contributed by atoms with E-state index >= 15 is 0 Å². The topological polar surface area (TPSA) is 74.4 Å². The highest BCUT2D eigenvalue weighted by molar-refractivity contribution is 7.98. The van der Waals surface area contributed by atoms with E-state index in [1.54, 1.807) is 12.1 Å². The number of nitrogens with one attached hydrogen (secondary N) is 2. The van der Waals surface area contributed by atoms with Crippen molar-refractivity contribution in [2.24, 2.45) is 5.92 Å². The summed E-state index contributed by atoms with van der Waals surface area (Å²) < 4.78 is 13.5. The molecule has 1 aliphatic carbocycles. The number of hydrogen-bond donors (Lipinski definition) is 2. The van der Waals surface area contributed by atoms with Crippen LogP contribution in [0.15, 0.2) is 34.2 Å². The Hall–Kier alpha value is -2.12. The third-order valence-electron chi connectivity index (χ3n) is 5.87. The Morgan fingerprint density at radius 1 is 1.23 bits per heavy atom. The molecule has 2 heterocycles. The molecule has 3 aromatic rings. The van der Waals surface area contributed by atoms with Gasteiger partial charge < -0.3 is 4.98 Å². The third-order valence-corrected chi connectivity index (χ3v) is 7.17. The van der Waals surface area contributed by atoms with Gasteiger partial charge in [0.05, 0.1) is 22.1 Å². The Balaban J connectivity index is 1.51. The van der Waals surface area contributed by atoms with Gasteiger partial charge in [0, 0.05) is 16.9 Å². The lowest BCUT2D eigenvalue weighted by Gasteiger charge is -2.22. The van der Waals surface area contributed by atoms with Gasteiger partial charge in [0.15, 0.2) is 5.16 Å². The summed E-state index contributed by atoms with van der Waals surface area (Å²) in [5, 5.41) is 8.22. The molecule has 2 N–H and O–H groups in total. The van der Waals surface area contributed by atoms with Crippen LogP contribution in [0.3, 0.4) is 0 Å². The van der Waals surface area contributed by atoms with Crippen LogP contribution in [0.2, 0.25) is 5.02 Å². The summed E-state index contributed by atoms with van der Waals surface area (Å²) in [4.78, 5) is 20.3. The maximum absolute atomic E-state index is 13.5. The van der Waals surface area contributed by atoms with Gasteiger partial charge in [-0.25, -0.2) is 9.37 Å². The highest BCUT2D eigenvalue weighted by atomic mass is 35.5. The van der Waals surface area contributed by atoms with Crippen molar-refractivity contribution in [3.8, 4) is 11.3 Å². The average molecular weight is 461 g/mol. The van der Waals surface area contributed by atoms with Crippen LogP contribution >= 0.6 is 23.4 Å². The lowest BCUT2D eigenvalue weighted by Crippen LogP contribution is -2.21. The van der Waals surface area contributed by atoms with E-state index in [-0.39, 0.29) is 11.4 Å². The van der Waals surface area contributed by atoms with Gasteiger partial charge in [-0.2, -0.15) is 5.10 Å². The van der Waals surface area contributed by atoms with Crippen molar-refractivity contribution in [2.45, 2.75) is 62.8 Å². The maximum Gasteiger partial charge on any atom is 0.254 e. The highest BCUT2D eigenvalue weighted by Gasteiger charge is 2.19. The van der Waals surface area contributed by atoms with Crippen molar-refractivity contribution < 1.29 is 4.39 Å². The van der Waals surface area contributed by atoms with Crippen molar-refractivity contribution >= 4 is 23.4 Å². The Morgan fingerprint density at radius 3 is 2.77 bits per heavy atom. The predicted molar refractivity (Wildman–Crippen MR) is 123 cm³/mol. The molecule has 2 aromatic heterocycles. The SMILES string of the molecule is CCc1c(CC2CCCCC2)nc(SCc2n[nH]c(-c3cccc(F)c3)c2Cl)[nH]c1=O. The average Bonchev–Trinajstić information content (AvgIpc) is 3.13. The summed E-state index contributed by atoms with van der Waals surface area (Å²) >= 11 is 7.90. The Bertz CT molecular complexity index is 1110. The van der Waals surface area contributed by atoms with E-state index in [1.807, 2.05) is 6.92 Å². The largest absolute Gasteiger partial charge is 0.301 e. The fraction of sp³-hybridized carbons (Fsp3) is 0.435. The van der Waals surface area contributed by atoms with Gasteiger partial charge in [-0.3, -0.25) is 9.89 Å². The van der Waals surface area contributed by atoms with Gasteiger partial charge >= 0.3 is 0 Å². The maximum atomic E-state index is 13.5. The first-order valence-electron chi connectivity index (χ1n) is 10.8. The number of benzene rings is 1. The van der Waals surface area contributed by atoms with E-state index in [9.17, 15) is 9.18 Å². The van der Waals surface area contributed by atoms with Crippen LogP contribution in [0.25, 0.3) is 11.3 Å². The Morgan fingerprint density at radius 2 is 2.03 bits per heavy atom. The van der Waals surface area contributed by atoms with Gasteiger partial charge in [-0.1, -0.05) is 74.5 Å². The Labute approximate surface area is 190 Å². The molecule has 1 aliphatic rings. The second-order valence-corrected chi connectivity index (χ2v) is 9.36. The molecule has 0 bridgehead atoms. The number of aromatic amines is 2. The van der Waals surface area contributed by atoms with Crippen molar-refractivity contribution in [2.75, 3.05) is 0 Å². The molecule has 1 aromatic carbocycles. The van der Waals surface area contributed by atoms with E-state index in [0.29, 0.717) is 45.2 Å². The van der Waals surface area contributed by atoms with E-state index in [2.05, 4.69) is 15.2 Å². The van der Waals surface area contributed by atoms with Crippen LogP contribution in [0.5, 0.6) is 0 Å². The molecule has 8 heteroatoms. The zero-order valence-electron chi connectivity index (χ0n) is 17.5. The smallest absolute Gasteiger partial charge is 0.254 e. The molecule has 0 radical (unpaired) electrons. The molecule has 164 valence electrons. The molecule has 1 fully saturated rings. The molecule has 0 amide bonds. The summed E-state index contributed by atoms with van der Waals surface area (Å²) in [5.74, 6) is 0.727. The first kappa shape index (κ1) is 22.1. The standard InChI is InChI=1S/C23H26ClFN4OS/c1-2-17-18(11-14-7-4-3-5-8-14)26-23(27-22(17)30)31-13-19-20(24)21(29-28-19)15-9-6-10-16(25)12-15/h6,9-10,12,14H,2-5,7-8,11,13H2,1H3,(H,28,29)(H,26,27,30). The van der Waals surface area contributed by atoms with Crippen molar-refractivity contribution in [3.05, 3.63) is 62.4 Å². The molecule has 0 spiro atoms. The molecule has 31 heavy (non-hydrogen) atoms. The number of halogens is 2. The van der Waals surface area contributed by atoms with Crippen molar-refractivity contribution in [1.29, 1.82) is 0 Å². The number of nitrogens with zero attached hydrogens (tertiary/aromatic N) is 2. The Kier molecular flexibility index (Phi) is 7.13. The van der Waals surface area contributed by atoms with E-state index in [0.717, 1.165) is 17.7 Å². The van der Waals surface area contributed by atoms with Gasteiger partial charge in [-0.15, -0.1) is 0 Å². The summed E-state index contributed by atoms with van der Waals surface area (Å²) in [6.45, 7) is 2.00. The third kappa shape index (κ3) is 5.21. The molecule has 0 unspecified atom stereocenters. The van der Waals surface area contributed by atoms with Gasteiger partial charge in [0.2, 0.25) is 0 Å². The second kappa shape index (κ2) is 10.0.